The molecule has 4 nitrogen and oxygen atoms in total. The summed E-state index contributed by atoms with van der Waals surface area (Å²) in [4.78, 5) is 20.3. The minimum atomic E-state index is -0.0201. The third kappa shape index (κ3) is 2.97. The Morgan fingerprint density at radius 3 is 2.48 bits per heavy atom. The van der Waals surface area contributed by atoms with Gasteiger partial charge in [-0.1, -0.05) is 28.1 Å². The Balaban J connectivity index is 1.95. The monoisotopic (exact) mass is 397 g/mol. The van der Waals surface area contributed by atoms with Crippen molar-refractivity contribution in [2.45, 2.75) is 26.2 Å². The lowest BCUT2D eigenvalue weighted by Gasteiger charge is -2.31. The van der Waals surface area contributed by atoms with Crippen molar-refractivity contribution >= 4 is 32.5 Å². The summed E-state index contributed by atoms with van der Waals surface area (Å²) in [6, 6.07) is 13.8. The first-order valence-electron chi connectivity index (χ1n) is 8.68. The zero-order valence-corrected chi connectivity index (χ0v) is 15.8. The molecule has 1 aliphatic heterocycles. The number of aromatic nitrogens is 2. The summed E-state index contributed by atoms with van der Waals surface area (Å²) >= 11 is 3.46. The van der Waals surface area contributed by atoms with Gasteiger partial charge in [0.15, 0.2) is 0 Å². The van der Waals surface area contributed by atoms with Gasteiger partial charge in [-0.15, -0.1) is 0 Å². The van der Waals surface area contributed by atoms with Gasteiger partial charge < -0.3 is 4.90 Å². The second-order valence-electron chi connectivity index (χ2n) is 6.50. The van der Waals surface area contributed by atoms with Crippen molar-refractivity contribution in [3.63, 3.8) is 0 Å². The molecule has 128 valence electrons. The summed E-state index contributed by atoms with van der Waals surface area (Å²) in [5.74, 6) is 0.712. The van der Waals surface area contributed by atoms with E-state index in [0.29, 0.717) is 11.2 Å². The van der Waals surface area contributed by atoms with Gasteiger partial charge in [0.25, 0.3) is 5.56 Å². The molecule has 5 heteroatoms. The van der Waals surface area contributed by atoms with Crippen LogP contribution in [0.25, 0.3) is 16.6 Å². The number of rotatable bonds is 2. The number of benzene rings is 2. The number of hydrogen-bond acceptors (Lipinski definition) is 3. The Bertz CT molecular complexity index is 990. The van der Waals surface area contributed by atoms with E-state index < -0.39 is 0 Å². The Morgan fingerprint density at radius 2 is 1.72 bits per heavy atom. The highest BCUT2D eigenvalue weighted by Gasteiger charge is 2.18. The fourth-order valence-corrected chi connectivity index (χ4v) is 3.97. The van der Waals surface area contributed by atoms with E-state index >= 15 is 0 Å². The molecule has 0 saturated carbocycles. The summed E-state index contributed by atoms with van der Waals surface area (Å²) in [5, 5.41) is 0.633. The average molecular weight is 398 g/mol. The van der Waals surface area contributed by atoms with E-state index in [1.807, 2.05) is 43.3 Å². The lowest BCUT2D eigenvalue weighted by molar-refractivity contribution is 0.577. The van der Waals surface area contributed by atoms with Crippen molar-refractivity contribution in [2.75, 3.05) is 18.0 Å². The maximum atomic E-state index is 13.2. The molecule has 4 rings (SSSR count). The number of hydrogen-bond donors (Lipinski definition) is 0. The number of nitrogens with zero attached hydrogens (tertiary/aromatic N) is 3. The van der Waals surface area contributed by atoms with Crippen LogP contribution in [0.4, 0.5) is 5.69 Å². The molecule has 2 heterocycles. The minimum Gasteiger partial charge on any atom is -0.370 e. The second-order valence-corrected chi connectivity index (χ2v) is 7.41. The maximum absolute atomic E-state index is 13.2. The number of halogens is 1. The van der Waals surface area contributed by atoms with Crippen molar-refractivity contribution in [2.24, 2.45) is 0 Å². The molecule has 1 aromatic heterocycles. The molecule has 0 unspecified atom stereocenters. The van der Waals surface area contributed by atoms with Gasteiger partial charge in [-0.3, -0.25) is 9.36 Å². The third-order valence-electron chi connectivity index (χ3n) is 4.82. The van der Waals surface area contributed by atoms with Crippen molar-refractivity contribution in [1.29, 1.82) is 0 Å². The molecule has 0 amide bonds. The van der Waals surface area contributed by atoms with E-state index in [4.69, 9.17) is 0 Å². The topological polar surface area (TPSA) is 38.1 Å². The van der Waals surface area contributed by atoms with Gasteiger partial charge in [0.1, 0.15) is 5.82 Å². The number of anilines is 1. The SMILES string of the molecule is Cc1nc2ccc(Br)cc2c(=O)n1-c1ccccc1N1CCCCC1. The van der Waals surface area contributed by atoms with Gasteiger partial charge in [-0.25, -0.2) is 4.98 Å². The molecule has 0 radical (unpaired) electrons. The zero-order valence-electron chi connectivity index (χ0n) is 14.2. The first kappa shape index (κ1) is 16.3. The van der Waals surface area contributed by atoms with Crippen LogP contribution in [-0.2, 0) is 0 Å². The molecule has 0 bridgehead atoms. The number of aryl methyl sites for hydroxylation is 1. The first-order chi connectivity index (χ1) is 12.1. The first-order valence-corrected chi connectivity index (χ1v) is 9.48. The Labute approximate surface area is 155 Å². The number of fused-ring (bicyclic) bond motifs is 1. The van der Waals surface area contributed by atoms with Crippen LogP contribution in [0.5, 0.6) is 0 Å². The highest BCUT2D eigenvalue weighted by atomic mass is 79.9. The van der Waals surface area contributed by atoms with Crippen LogP contribution in [0.15, 0.2) is 51.7 Å². The fourth-order valence-electron chi connectivity index (χ4n) is 3.61. The van der Waals surface area contributed by atoms with Crippen LogP contribution < -0.4 is 10.5 Å². The van der Waals surface area contributed by atoms with E-state index in [0.717, 1.165) is 34.5 Å². The standard InChI is InChI=1S/C20H20BrN3O/c1-14-22-17-10-9-15(21)13-16(17)20(25)24(14)19-8-4-3-7-18(19)23-11-5-2-6-12-23/h3-4,7-10,13H,2,5-6,11-12H2,1H3. The summed E-state index contributed by atoms with van der Waals surface area (Å²) in [6.07, 6.45) is 3.68. The van der Waals surface area contributed by atoms with E-state index in [9.17, 15) is 4.79 Å². The largest absolute Gasteiger partial charge is 0.370 e. The minimum absolute atomic E-state index is 0.0201. The van der Waals surface area contributed by atoms with Gasteiger partial charge >= 0.3 is 0 Å². The van der Waals surface area contributed by atoms with E-state index in [2.05, 4.69) is 31.9 Å². The highest BCUT2D eigenvalue weighted by molar-refractivity contribution is 9.10. The van der Waals surface area contributed by atoms with Crippen LogP contribution in [0.1, 0.15) is 25.1 Å². The Kier molecular flexibility index (Phi) is 4.34. The molecule has 25 heavy (non-hydrogen) atoms. The number of para-hydroxylation sites is 2. The van der Waals surface area contributed by atoms with Crippen LogP contribution in [0.2, 0.25) is 0 Å². The quantitative estimate of drug-likeness (QED) is 0.640. The normalized spacial score (nSPS) is 14.9. The molecule has 1 aliphatic rings. The van der Waals surface area contributed by atoms with Gasteiger partial charge in [-0.05, 0) is 56.5 Å². The molecule has 0 aliphatic carbocycles. The molecule has 3 aromatic rings. The van der Waals surface area contributed by atoms with Crippen molar-refractivity contribution in [3.05, 3.63) is 63.1 Å². The molecule has 2 aromatic carbocycles. The predicted molar refractivity (Wildman–Crippen MR) is 106 cm³/mol. The molecular formula is C20H20BrN3O. The smallest absolute Gasteiger partial charge is 0.266 e. The highest BCUT2D eigenvalue weighted by Crippen LogP contribution is 2.27. The van der Waals surface area contributed by atoms with Crippen molar-refractivity contribution in [3.8, 4) is 5.69 Å². The molecule has 0 N–H and O–H groups in total. The van der Waals surface area contributed by atoms with E-state index in [1.54, 1.807) is 4.57 Å². The van der Waals surface area contributed by atoms with Gasteiger partial charge in [-0.2, -0.15) is 0 Å². The molecule has 0 spiro atoms. The van der Waals surface area contributed by atoms with Crippen LogP contribution >= 0.6 is 15.9 Å². The van der Waals surface area contributed by atoms with Gasteiger partial charge in [0.05, 0.1) is 22.3 Å². The molecule has 0 atom stereocenters. The van der Waals surface area contributed by atoms with Gasteiger partial charge in [0, 0.05) is 17.6 Å². The maximum Gasteiger partial charge on any atom is 0.266 e. The Morgan fingerprint density at radius 1 is 1.00 bits per heavy atom. The molecular weight excluding hydrogens is 378 g/mol. The Hall–Kier alpha value is -2.14. The molecule has 1 saturated heterocycles. The number of piperidine rings is 1. The third-order valence-corrected chi connectivity index (χ3v) is 5.31. The molecule has 1 fully saturated rings. The average Bonchev–Trinajstić information content (AvgIpc) is 2.64. The lowest BCUT2D eigenvalue weighted by atomic mass is 10.1. The summed E-state index contributed by atoms with van der Waals surface area (Å²) in [6.45, 7) is 3.98. The summed E-state index contributed by atoms with van der Waals surface area (Å²) in [7, 11) is 0. The predicted octanol–water partition coefficient (Wildman–Crippen LogP) is 4.45. The fraction of sp³-hybridized carbons (Fsp3) is 0.300. The second kappa shape index (κ2) is 6.64. The lowest BCUT2D eigenvalue weighted by Crippen LogP contribution is -2.32. The van der Waals surface area contributed by atoms with Crippen molar-refractivity contribution in [1.82, 2.24) is 9.55 Å². The van der Waals surface area contributed by atoms with Crippen LogP contribution in [-0.4, -0.2) is 22.6 Å². The zero-order chi connectivity index (χ0) is 17.4. The van der Waals surface area contributed by atoms with Gasteiger partial charge in [0.2, 0.25) is 0 Å². The summed E-state index contributed by atoms with van der Waals surface area (Å²) in [5.41, 5.74) is 2.75. The summed E-state index contributed by atoms with van der Waals surface area (Å²) < 4.78 is 2.64. The van der Waals surface area contributed by atoms with Crippen molar-refractivity contribution < 1.29 is 0 Å². The van der Waals surface area contributed by atoms with E-state index in [1.165, 1.54) is 19.3 Å². The van der Waals surface area contributed by atoms with E-state index in [-0.39, 0.29) is 5.56 Å². The van der Waals surface area contributed by atoms with Crippen LogP contribution in [0.3, 0.4) is 0 Å². The van der Waals surface area contributed by atoms with Crippen LogP contribution in [0, 0.1) is 6.92 Å².